The van der Waals surface area contributed by atoms with E-state index >= 15 is 0 Å². The van der Waals surface area contributed by atoms with Gasteiger partial charge in [-0.1, -0.05) is 43.7 Å². The molecule has 1 amide bonds. The first kappa shape index (κ1) is 15.5. The molecular formula is C17H23NO3. The molecule has 0 radical (unpaired) electrons. The fourth-order valence-electron chi connectivity index (χ4n) is 3.10. The number of amides is 1. The van der Waals surface area contributed by atoms with Crippen LogP contribution < -0.4 is 0 Å². The van der Waals surface area contributed by atoms with Crippen molar-refractivity contribution >= 4 is 11.9 Å². The first-order chi connectivity index (χ1) is 10.1. The van der Waals surface area contributed by atoms with Crippen LogP contribution in [0.1, 0.15) is 38.2 Å². The highest BCUT2D eigenvalue weighted by molar-refractivity contribution is 5.80. The van der Waals surface area contributed by atoms with E-state index < -0.39 is 11.4 Å². The Bertz CT molecular complexity index is 500. The van der Waals surface area contributed by atoms with Crippen LogP contribution in [-0.2, 0) is 16.0 Å². The Balaban J connectivity index is 1.91. The van der Waals surface area contributed by atoms with E-state index in [2.05, 4.69) is 0 Å². The fraction of sp³-hybridized carbons (Fsp3) is 0.529. The molecule has 1 saturated heterocycles. The van der Waals surface area contributed by atoms with Gasteiger partial charge in [-0.05, 0) is 24.8 Å². The molecule has 0 aromatic heterocycles. The van der Waals surface area contributed by atoms with Crippen molar-refractivity contribution in [2.45, 2.75) is 39.0 Å². The Morgan fingerprint density at radius 3 is 2.62 bits per heavy atom. The van der Waals surface area contributed by atoms with Crippen LogP contribution >= 0.6 is 0 Å². The highest BCUT2D eigenvalue weighted by Gasteiger charge is 2.45. The van der Waals surface area contributed by atoms with Crippen molar-refractivity contribution in [1.82, 2.24) is 4.90 Å². The summed E-state index contributed by atoms with van der Waals surface area (Å²) in [5.41, 5.74) is 0.417. The first-order valence-electron chi connectivity index (χ1n) is 7.62. The van der Waals surface area contributed by atoms with Gasteiger partial charge < -0.3 is 10.0 Å². The van der Waals surface area contributed by atoms with Crippen LogP contribution in [0.2, 0.25) is 0 Å². The van der Waals surface area contributed by atoms with E-state index in [1.54, 1.807) is 4.90 Å². The standard InChI is InChI=1S/C17H23NO3/c1-2-10-17(16(20)21)11-12-18(13-17)15(19)9-8-14-6-4-3-5-7-14/h3-7H,2,8-13H2,1H3,(H,20,21). The minimum atomic E-state index is -0.761. The minimum absolute atomic E-state index is 0.0677. The monoisotopic (exact) mass is 289 g/mol. The van der Waals surface area contributed by atoms with Gasteiger partial charge in [0.15, 0.2) is 0 Å². The minimum Gasteiger partial charge on any atom is -0.481 e. The summed E-state index contributed by atoms with van der Waals surface area (Å²) < 4.78 is 0. The van der Waals surface area contributed by atoms with E-state index in [1.807, 2.05) is 37.3 Å². The van der Waals surface area contributed by atoms with Gasteiger partial charge in [0.05, 0.1) is 5.41 Å². The van der Waals surface area contributed by atoms with E-state index in [1.165, 1.54) is 0 Å². The molecule has 1 fully saturated rings. The van der Waals surface area contributed by atoms with Crippen molar-refractivity contribution in [2.24, 2.45) is 5.41 Å². The lowest BCUT2D eigenvalue weighted by Gasteiger charge is -2.24. The van der Waals surface area contributed by atoms with Crippen molar-refractivity contribution in [2.75, 3.05) is 13.1 Å². The molecule has 2 rings (SSSR count). The normalized spacial score (nSPS) is 21.5. The van der Waals surface area contributed by atoms with Crippen LogP contribution in [0.4, 0.5) is 0 Å². The molecule has 4 heteroatoms. The van der Waals surface area contributed by atoms with Crippen molar-refractivity contribution in [3.63, 3.8) is 0 Å². The Morgan fingerprint density at radius 1 is 1.29 bits per heavy atom. The molecule has 1 atom stereocenters. The number of hydrogen-bond acceptors (Lipinski definition) is 2. The van der Waals surface area contributed by atoms with Crippen molar-refractivity contribution < 1.29 is 14.7 Å². The summed E-state index contributed by atoms with van der Waals surface area (Å²) in [6.07, 6.45) is 3.21. The Kier molecular flexibility index (Phi) is 4.99. The molecule has 114 valence electrons. The van der Waals surface area contributed by atoms with E-state index in [0.717, 1.165) is 12.0 Å². The quantitative estimate of drug-likeness (QED) is 0.876. The van der Waals surface area contributed by atoms with Crippen molar-refractivity contribution in [3.05, 3.63) is 35.9 Å². The predicted molar refractivity (Wildman–Crippen MR) is 80.9 cm³/mol. The third-order valence-corrected chi connectivity index (χ3v) is 4.36. The lowest BCUT2D eigenvalue weighted by atomic mass is 9.83. The van der Waals surface area contributed by atoms with Crippen LogP contribution in [0.15, 0.2) is 30.3 Å². The number of carbonyl (C=O) groups excluding carboxylic acids is 1. The van der Waals surface area contributed by atoms with Crippen LogP contribution in [0.3, 0.4) is 0 Å². The lowest BCUT2D eigenvalue weighted by molar-refractivity contribution is -0.149. The number of aliphatic carboxylic acids is 1. The van der Waals surface area contributed by atoms with E-state index in [-0.39, 0.29) is 5.91 Å². The number of carbonyl (C=O) groups is 2. The molecule has 4 nitrogen and oxygen atoms in total. The first-order valence-corrected chi connectivity index (χ1v) is 7.62. The summed E-state index contributed by atoms with van der Waals surface area (Å²) in [7, 11) is 0. The zero-order valence-corrected chi connectivity index (χ0v) is 12.5. The number of rotatable bonds is 6. The molecule has 1 N–H and O–H groups in total. The Labute approximate surface area is 125 Å². The largest absolute Gasteiger partial charge is 0.481 e. The predicted octanol–water partition coefficient (Wildman–Crippen LogP) is 2.72. The second-order valence-corrected chi connectivity index (χ2v) is 5.89. The molecule has 1 aromatic carbocycles. The van der Waals surface area contributed by atoms with Crippen molar-refractivity contribution in [3.8, 4) is 0 Å². The van der Waals surface area contributed by atoms with Crippen LogP contribution in [0.25, 0.3) is 0 Å². The van der Waals surface area contributed by atoms with Crippen molar-refractivity contribution in [1.29, 1.82) is 0 Å². The molecule has 21 heavy (non-hydrogen) atoms. The fourth-order valence-corrected chi connectivity index (χ4v) is 3.10. The SMILES string of the molecule is CCCC1(C(=O)O)CCN(C(=O)CCc2ccccc2)C1. The second-order valence-electron chi connectivity index (χ2n) is 5.89. The molecule has 1 unspecified atom stereocenters. The maximum Gasteiger partial charge on any atom is 0.311 e. The molecule has 1 aromatic rings. The molecule has 1 aliphatic heterocycles. The van der Waals surface area contributed by atoms with E-state index in [9.17, 15) is 14.7 Å². The highest BCUT2D eigenvalue weighted by atomic mass is 16.4. The molecule has 0 bridgehead atoms. The summed E-state index contributed by atoms with van der Waals surface area (Å²) in [6, 6.07) is 9.91. The average molecular weight is 289 g/mol. The molecule has 1 aliphatic rings. The number of carboxylic acids is 1. The second kappa shape index (κ2) is 6.74. The third kappa shape index (κ3) is 3.63. The average Bonchev–Trinajstić information content (AvgIpc) is 2.92. The van der Waals surface area contributed by atoms with E-state index in [0.29, 0.717) is 38.8 Å². The maximum absolute atomic E-state index is 12.3. The van der Waals surface area contributed by atoms with Crippen LogP contribution in [-0.4, -0.2) is 35.0 Å². The van der Waals surface area contributed by atoms with Gasteiger partial charge in [-0.2, -0.15) is 0 Å². The third-order valence-electron chi connectivity index (χ3n) is 4.36. The topological polar surface area (TPSA) is 57.6 Å². The summed E-state index contributed by atoms with van der Waals surface area (Å²) in [5.74, 6) is -0.694. The summed E-state index contributed by atoms with van der Waals surface area (Å²) >= 11 is 0. The zero-order chi connectivity index (χ0) is 15.3. The summed E-state index contributed by atoms with van der Waals surface area (Å²) in [4.78, 5) is 25.5. The molecule has 0 saturated carbocycles. The van der Waals surface area contributed by atoms with Gasteiger partial charge >= 0.3 is 5.97 Å². The smallest absolute Gasteiger partial charge is 0.311 e. The highest BCUT2D eigenvalue weighted by Crippen LogP contribution is 2.35. The van der Waals surface area contributed by atoms with Crippen LogP contribution in [0.5, 0.6) is 0 Å². The number of carboxylic acid groups (broad SMARTS) is 1. The van der Waals surface area contributed by atoms with Gasteiger partial charge in [-0.15, -0.1) is 0 Å². The maximum atomic E-state index is 12.3. The lowest BCUT2D eigenvalue weighted by Crippen LogP contribution is -2.37. The number of benzene rings is 1. The molecule has 0 aliphatic carbocycles. The van der Waals surface area contributed by atoms with Crippen LogP contribution in [0, 0.1) is 5.41 Å². The summed E-state index contributed by atoms with van der Waals surface area (Å²) in [5, 5.41) is 9.46. The van der Waals surface area contributed by atoms with E-state index in [4.69, 9.17) is 0 Å². The van der Waals surface area contributed by atoms with Gasteiger partial charge in [-0.3, -0.25) is 9.59 Å². The molecule has 0 spiro atoms. The number of aryl methyl sites for hydroxylation is 1. The van der Waals surface area contributed by atoms with Gasteiger partial charge in [0, 0.05) is 19.5 Å². The Morgan fingerprint density at radius 2 is 2.00 bits per heavy atom. The molecular weight excluding hydrogens is 266 g/mol. The van der Waals surface area contributed by atoms with Gasteiger partial charge in [0.2, 0.25) is 5.91 Å². The zero-order valence-electron chi connectivity index (χ0n) is 12.5. The number of nitrogens with zero attached hydrogens (tertiary/aromatic N) is 1. The number of hydrogen-bond donors (Lipinski definition) is 1. The number of likely N-dealkylation sites (tertiary alicyclic amines) is 1. The molecule has 1 heterocycles. The van der Waals surface area contributed by atoms with Gasteiger partial charge in [-0.25, -0.2) is 0 Å². The summed E-state index contributed by atoms with van der Waals surface area (Å²) in [6.45, 7) is 2.92. The Hall–Kier alpha value is -1.84. The van der Waals surface area contributed by atoms with Gasteiger partial charge in [0.25, 0.3) is 0 Å². The van der Waals surface area contributed by atoms with Gasteiger partial charge in [0.1, 0.15) is 0 Å².